The molecule has 0 bridgehead atoms. The van der Waals surface area contributed by atoms with Crippen molar-refractivity contribution in [1.82, 2.24) is 15.2 Å². The molecule has 2 rings (SSSR count). The van der Waals surface area contributed by atoms with E-state index in [4.69, 9.17) is 0 Å². The first-order valence-electron chi connectivity index (χ1n) is 4.41. The zero-order chi connectivity index (χ0) is 10.8. The van der Waals surface area contributed by atoms with E-state index >= 15 is 0 Å². The molecule has 0 atom stereocenters. The molecule has 2 heterocycles. The van der Waals surface area contributed by atoms with Gasteiger partial charge in [-0.15, -0.1) is 0 Å². The standard InChI is InChI=1S/C9H8FN3O2/c10-7-3-1-2-6(12-7)8(14)13-5-4-11-9(13)15/h1-3H,4-5H2,(H,11,15). The highest BCUT2D eigenvalue weighted by Crippen LogP contribution is 2.06. The minimum Gasteiger partial charge on any atom is -0.336 e. The molecule has 1 saturated heterocycles. The van der Waals surface area contributed by atoms with Crippen molar-refractivity contribution in [3.63, 3.8) is 0 Å². The molecule has 1 aliphatic rings. The third-order valence-electron chi connectivity index (χ3n) is 2.04. The van der Waals surface area contributed by atoms with Crippen molar-refractivity contribution in [1.29, 1.82) is 0 Å². The molecule has 78 valence electrons. The van der Waals surface area contributed by atoms with Crippen LogP contribution in [0.15, 0.2) is 18.2 Å². The minimum absolute atomic E-state index is 0.0629. The van der Waals surface area contributed by atoms with Crippen molar-refractivity contribution in [2.75, 3.05) is 13.1 Å². The summed E-state index contributed by atoms with van der Waals surface area (Å²) in [6, 6.07) is 3.42. The van der Waals surface area contributed by atoms with E-state index in [0.29, 0.717) is 6.54 Å². The number of nitrogens with zero attached hydrogens (tertiary/aromatic N) is 2. The summed E-state index contributed by atoms with van der Waals surface area (Å²) in [4.78, 5) is 27.2. The van der Waals surface area contributed by atoms with Gasteiger partial charge < -0.3 is 5.32 Å². The maximum Gasteiger partial charge on any atom is 0.324 e. The Balaban J connectivity index is 2.24. The average Bonchev–Trinajstić information content (AvgIpc) is 2.63. The normalized spacial score (nSPS) is 15.3. The highest BCUT2D eigenvalue weighted by Gasteiger charge is 2.27. The molecule has 1 aromatic heterocycles. The molecule has 0 saturated carbocycles. The van der Waals surface area contributed by atoms with Crippen molar-refractivity contribution < 1.29 is 14.0 Å². The Labute approximate surface area is 84.9 Å². The second-order valence-electron chi connectivity index (χ2n) is 3.03. The van der Waals surface area contributed by atoms with Gasteiger partial charge in [-0.25, -0.2) is 9.78 Å². The molecular formula is C9H8FN3O2. The van der Waals surface area contributed by atoms with Crippen LogP contribution in [0.5, 0.6) is 0 Å². The van der Waals surface area contributed by atoms with E-state index in [2.05, 4.69) is 10.3 Å². The van der Waals surface area contributed by atoms with Gasteiger partial charge in [0.05, 0.1) is 0 Å². The predicted octanol–water partition coefficient (Wildman–Crippen LogP) is 0.386. The molecular weight excluding hydrogens is 201 g/mol. The maximum absolute atomic E-state index is 12.7. The molecule has 0 radical (unpaired) electrons. The number of carbonyl (C=O) groups excluding carboxylic acids is 2. The van der Waals surface area contributed by atoms with Crippen LogP contribution in [0.1, 0.15) is 10.5 Å². The summed E-state index contributed by atoms with van der Waals surface area (Å²) in [5, 5.41) is 2.48. The number of carbonyl (C=O) groups is 2. The number of imide groups is 1. The van der Waals surface area contributed by atoms with Crippen LogP contribution >= 0.6 is 0 Å². The van der Waals surface area contributed by atoms with Crippen LogP contribution in [0.3, 0.4) is 0 Å². The van der Waals surface area contributed by atoms with Crippen LogP contribution in [0.4, 0.5) is 9.18 Å². The molecule has 1 fully saturated rings. The Hall–Kier alpha value is -1.98. The second kappa shape index (κ2) is 3.64. The van der Waals surface area contributed by atoms with Gasteiger partial charge in [-0.3, -0.25) is 9.69 Å². The van der Waals surface area contributed by atoms with Gasteiger partial charge in [-0.1, -0.05) is 6.07 Å². The number of rotatable bonds is 1. The molecule has 0 spiro atoms. The van der Waals surface area contributed by atoms with E-state index in [-0.39, 0.29) is 12.2 Å². The summed E-state index contributed by atoms with van der Waals surface area (Å²) in [6.07, 6.45) is 0. The lowest BCUT2D eigenvalue weighted by Crippen LogP contribution is -2.34. The van der Waals surface area contributed by atoms with Crippen molar-refractivity contribution in [2.24, 2.45) is 0 Å². The maximum atomic E-state index is 12.7. The first-order chi connectivity index (χ1) is 7.18. The summed E-state index contributed by atoms with van der Waals surface area (Å²) in [7, 11) is 0. The molecule has 0 unspecified atom stereocenters. The Kier molecular flexibility index (Phi) is 2.32. The molecule has 15 heavy (non-hydrogen) atoms. The largest absolute Gasteiger partial charge is 0.336 e. The summed E-state index contributed by atoms with van der Waals surface area (Å²) < 4.78 is 12.7. The van der Waals surface area contributed by atoms with E-state index < -0.39 is 17.9 Å². The van der Waals surface area contributed by atoms with Crippen LogP contribution in [0.25, 0.3) is 0 Å². The van der Waals surface area contributed by atoms with Crippen molar-refractivity contribution in [3.8, 4) is 0 Å². The number of amides is 3. The van der Waals surface area contributed by atoms with Crippen LogP contribution < -0.4 is 5.32 Å². The SMILES string of the molecule is O=C1NCCN1C(=O)c1cccc(F)n1. The molecule has 1 aliphatic heterocycles. The summed E-state index contributed by atoms with van der Waals surface area (Å²) in [5.74, 6) is -1.31. The number of hydrogen-bond donors (Lipinski definition) is 1. The first-order valence-corrected chi connectivity index (χ1v) is 4.41. The van der Waals surface area contributed by atoms with Gasteiger partial charge in [0, 0.05) is 13.1 Å². The zero-order valence-electron chi connectivity index (χ0n) is 7.74. The van der Waals surface area contributed by atoms with Gasteiger partial charge in [0.2, 0.25) is 5.95 Å². The number of nitrogens with one attached hydrogen (secondary N) is 1. The number of aromatic nitrogens is 1. The monoisotopic (exact) mass is 209 g/mol. The summed E-state index contributed by atoms with van der Waals surface area (Å²) in [6.45, 7) is 0.704. The molecule has 1 N–H and O–H groups in total. The Morgan fingerprint density at radius 3 is 2.93 bits per heavy atom. The Bertz CT molecular complexity index is 422. The first kappa shape index (κ1) is 9.57. The molecule has 1 aromatic rings. The van der Waals surface area contributed by atoms with Gasteiger partial charge in [0.15, 0.2) is 0 Å². The van der Waals surface area contributed by atoms with E-state index in [0.717, 1.165) is 11.0 Å². The Morgan fingerprint density at radius 2 is 2.33 bits per heavy atom. The fourth-order valence-electron chi connectivity index (χ4n) is 1.33. The van der Waals surface area contributed by atoms with E-state index in [9.17, 15) is 14.0 Å². The molecule has 3 amide bonds. The van der Waals surface area contributed by atoms with Crippen LogP contribution in [-0.4, -0.2) is 34.9 Å². The van der Waals surface area contributed by atoms with Crippen LogP contribution in [-0.2, 0) is 0 Å². The number of halogens is 1. The predicted molar refractivity (Wildman–Crippen MR) is 48.6 cm³/mol. The van der Waals surface area contributed by atoms with Crippen molar-refractivity contribution in [3.05, 3.63) is 29.8 Å². The van der Waals surface area contributed by atoms with E-state index in [1.54, 1.807) is 0 Å². The lowest BCUT2D eigenvalue weighted by atomic mass is 10.3. The highest BCUT2D eigenvalue weighted by atomic mass is 19.1. The lowest BCUT2D eigenvalue weighted by Gasteiger charge is -2.10. The topological polar surface area (TPSA) is 62.3 Å². The summed E-state index contributed by atoms with van der Waals surface area (Å²) in [5.41, 5.74) is -0.0629. The van der Waals surface area contributed by atoms with Crippen LogP contribution in [0, 0.1) is 5.95 Å². The third kappa shape index (κ3) is 1.78. The zero-order valence-corrected chi connectivity index (χ0v) is 7.74. The number of pyridine rings is 1. The second-order valence-corrected chi connectivity index (χ2v) is 3.03. The molecule has 6 heteroatoms. The lowest BCUT2D eigenvalue weighted by molar-refractivity contribution is 0.0822. The number of urea groups is 1. The van der Waals surface area contributed by atoms with Crippen molar-refractivity contribution in [2.45, 2.75) is 0 Å². The van der Waals surface area contributed by atoms with E-state index in [1.807, 2.05) is 0 Å². The average molecular weight is 209 g/mol. The van der Waals surface area contributed by atoms with Crippen molar-refractivity contribution >= 4 is 11.9 Å². The smallest absolute Gasteiger partial charge is 0.324 e. The van der Waals surface area contributed by atoms with Gasteiger partial charge in [-0.2, -0.15) is 4.39 Å². The fourth-order valence-corrected chi connectivity index (χ4v) is 1.33. The Morgan fingerprint density at radius 1 is 1.53 bits per heavy atom. The quantitative estimate of drug-likeness (QED) is 0.680. The fraction of sp³-hybridized carbons (Fsp3) is 0.222. The van der Waals surface area contributed by atoms with Crippen LogP contribution in [0.2, 0.25) is 0 Å². The van der Waals surface area contributed by atoms with Gasteiger partial charge in [0.25, 0.3) is 5.91 Å². The highest BCUT2D eigenvalue weighted by molar-refractivity contribution is 6.03. The van der Waals surface area contributed by atoms with Gasteiger partial charge in [0.1, 0.15) is 5.69 Å². The molecule has 0 aromatic carbocycles. The molecule has 0 aliphatic carbocycles. The third-order valence-corrected chi connectivity index (χ3v) is 2.04. The van der Waals surface area contributed by atoms with E-state index in [1.165, 1.54) is 12.1 Å². The molecule has 5 nitrogen and oxygen atoms in total. The van der Waals surface area contributed by atoms with Gasteiger partial charge in [-0.05, 0) is 12.1 Å². The number of hydrogen-bond acceptors (Lipinski definition) is 3. The minimum atomic E-state index is -0.736. The summed E-state index contributed by atoms with van der Waals surface area (Å²) >= 11 is 0. The van der Waals surface area contributed by atoms with Gasteiger partial charge >= 0.3 is 6.03 Å².